The van der Waals surface area contributed by atoms with E-state index in [9.17, 15) is 0 Å². The van der Waals surface area contributed by atoms with Crippen molar-refractivity contribution in [1.29, 1.82) is 0 Å². The van der Waals surface area contributed by atoms with Gasteiger partial charge in [0, 0.05) is 49.0 Å². The fraction of sp³-hybridized carbons (Fsp3) is 0.714. The van der Waals surface area contributed by atoms with Gasteiger partial charge in [0.2, 0.25) is 0 Å². The minimum Gasteiger partial charge on any atom is -0.496 e. The molecule has 1 heterocycles. The predicted molar refractivity (Wildman–Crippen MR) is 130 cm³/mol. The Morgan fingerprint density at radius 3 is 2.36 bits per heavy atom. The van der Waals surface area contributed by atoms with Gasteiger partial charge in [-0.05, 0) is 54.9 Å². The molecular formula is C21H40IN5O. The number of nitrogens with one attached hydrogen (secondary N) is 2. The van der Waals surface area contributed by atoms with Crippen LogP contribution in [0.1, 0.15) is 57.9 Å². The molecule has 0 aromatic carbocycles. The van der Waals surface area contributed by atoms with Crippen LogP contribution in [0, 0.1) is 13.8 Å². The summed E-state index contributed by atoms with van der Waals surface area (Å²) in [6, 6.07) is 1.13. The van der Waals surface area contributed by atoms with Gasteiger partial charge in [-0.1, -0.05) is 0 Å². The summed E-state index contributed by atoms with van der Waals surface area (Å²) in [7, 11) is 1.70. The standard InChI is InChI=1S/C21H39N5O.HI/c1-9-22-21(23-11-10-12-26(15(2)3)16(4)5)25-14-19-18(7)20(27-8)17(6)13-24-19;/h13,15-16H,9-12,14H2,1-8H3,(H2,22,23,25);1H. The van der Waals surface area contributed by atoms with Crippen LogP contribution in [0.3, 0.4) is 0 Å². The Hall–Kier alpha value is -1.09. The zero-order valence-corrected chi connectivity index (χ0v) is 21.3. The van der Waals surface area contributed by atoms with Crippen LogP contribution in [0.2, 0.25) is 0 Å². The number of rotatable bonds is 10. The predicted octanol–water partition coefficient (Wildman–Crippen LogP) is 3.89. The molecule has 1 aromatic rings. The van der Waals surface area contributed by atoms with Crippen molar-refractivity contribution in [2.24, 2.45) is 4.99 Å². The third-order valence-corrected chi connectivity index (χ3v) is 4.69. The van der Waals surface area contributed by atoms with Gasteiger partial charge in [0.15, 0.2) is 5.96 Å². The highest BCUT2D eigenvalue weighted by Gasteiger charge is 2.12. The lowest BCUT2D eigenvalue weighted by Crippen LogP contribution is -2.41. The lowest BCUT2D eigenvalue weighted by Gasteiger charge is -2.30. The summed E-state index contributed by atoms with van der Waals surface area (Å²) >= 11 is 0. The Labute approximate surface area is 189 Å². The van der Waals surface area contributed by atoms with E-state index < -0.39 is 0 Å². The van der Waals surface area contributed by atoms with Crippen LogP contribution in [-0.4, -0.2) is 54.7 Å². The molecule has 1 rings (SSSR count). The summed E-state index contributed by atoms with van der Waals surface area (Å²) in [5, 5.41) is 6.75. The SMILES string of the molecule is CCNC(=NCc1ncc(C)c(OC)c1C)NCCCN(C(C)C)C(C)C.I. The number of aliphatic imine (C=N–C) groups is 1. The largest absolute Gasteiger partial charge is 0.496 e. The number of aryl methyl sites for hydroxylation is 1. The third-order valence-electron chi connectivity index (χ3n) is 4.69. The van der Waals surface area contributed by atoms with Crippen LogP contribution >= 0.6 is 24.0 Å². The van der Waals surface area contributed by atoms with E-state index in [0.717, 1.165) is 54.6 Å². The van der Waals surface area contributed by atoms with Crippen molar-refractivity contribution < 1.29 is 4.74 Å². The minimum atomic E-state index is 0. The van der Waals surface area contributed by atoms with Crippen molar-refractivity contribution in [3.8, 4) is 5.75 Å². The number of aromatic nitrogens is 1. The molecule has 0 unspecified atom stereocenters. The summed E-state index contributed by atoms with van der Waals surface area (Å²) in [5.74, 6) is 1.73. The molecule has 0 fully saturated rings. The van der Waals surface area contributed by atoms with Crippen molar-refractivity contribution in [1.82, 2.24) is 20.5 Å². The highest BCUT2D eigenvalue weighted by Crippen LogP contribution is 2.24. The minimum absolute atomic E-state index is 0. The smallest absolute Gasteiger partial charge is 0.191 e. The summed E-state index contributed by atoms with van der Waals surface area (Å²) in [5.41, 5.74) is 3.05. The Balaban J connectivity index is 0.00000729. The molecule has 0 atom stereocenters. The molecule has 0 saturated heterocycles. The second kappa shape index (κ2) is 14.0. The third kappa shape index (κ3) is 8.51. The topological polar surface area (TPSA) is 61.8 Å². The van der Waals surface area contributed by atoms with Gasteiger partial charge in [0.25, 0.3) is 0 Å². The first-order valence-corrected chi connectivity index (χ1v) is 10.1. The normalized spacial score (nSPS) is 11.8. The number of ether oxygens (including phenoxy) is 1. The molecule has 0 aliphatic carbocycles. The lowest BCUT2D eigenvalue weighted by atomic mass is 10.1. The van der Waals surface area contributed by atoms with Gasteiger partial charge in [-0.15, -0.1) is 24.0 Å². The van der Waals surface area contributed by atoms with Gasteiger partial charge in [-0.25, -0.2) is 4.99 Å². The van der Waals surface area contributed by atoms with Gasteiger partial charge >= 0.3 is 0 Å². The summed E-state index contributed by atoms with van der Waals surface area (Å²) < 4.78 is 5.49. The fourth-order valence-electron chi connectivity index (χ4n) is 3.31. The van der Waals surface area contributed by atoms with E-state index in [2.05, 4.69) is 55.1 Å². The lowest BCUT2D eigenvalue weighted by molar-refractivity contribution is 0.173. The van der Waals surface area contributed by atoms with Crippen LogP contribution in [-0.2, 0) is 6.54 Å². The Bertz CT molecular complexity index is 597. The van der Waals surface area contributed by atoms with E-state index in [1.807, 2.05) is 20.0 Å². The molecule has 0 saturated carbocycles. The molecule has 0 amide bonds. The zero-order chi connectivity index (χ0) is 20.4. The van der Waals surface area contributed by atoms with Gasteiger partial charge in [-0.2, -0.15) is 0 Å². The number of halogens is 1. The van der Waals surface area contributed by atoms with E-state index in [0.29, 0.717) is 18.6 Å². The molecule has 6 nitrogen and oxygen atoms in total. The van der Waals surface area contributed by atoms with Crippen LogP contribution in [0.25, 0.3) is 0 Å². The molecule has 28 heavy (non-hydrogen) atoms. The van der Waals surface area contributed by atoms with E-state index in [4.69, 9.17) is 9.73 Å². The first-order valence-electron chi connectivity index (χ1n) is 10.1. The van der Waals surface area contributed by atoms with Crippen molar-refractivity contribution in [2.75, 3.05) is 26.7 Å². The Kier molecular flexibility index (Phi) is 13.4. The summed E-state index contributed by atoms with van der Waals surface area (Å²) in [6.07, 6.45) is 2.93. The highest BCUT2D eigenvalue weighted by molar-refractivity contribution is 14.0. The second-order valence-corrected chi connectivity index (χ2v) is 7.45. The summed E-state index contributed by atoms with van der Waals surface area (Å²) in [4.78, 5) is 11.7. The molecule has 0 spiro atoms. The first-order chi connectivity index (χ1) is 12.8. The van der Waals surface area contributed by atoms with Crippen molar-refractivity contribution in [2.45, 2.75) is 73.5 Å². The molecular weight excluding hydrogens is 465 g/mol. The zero-order valence-electron chi connectivity index (χ0n) is 18.9. The molecule has 1 aromatic heterocycles. The monoisotopic (exact) mass is 505 g/mol. The van der Waals surface area contributed by atoms with Crippen molar-refractivity contribution in [3.63, 3.8) is 0 Å². The number of nitrogens with zero attached hydrogens (tertiary/aromatic N) is 3. The first kappa shape index (κ1) is 26.9. The van der Waals surface area contributed by atoms with E-state index in [-0.39, 0.29) is 24.0 Å². The van der Waals surface area contributed by atoms with Gasteiger partial charge in [0.1, 0.15) is 5.75 Å². The van der Waals surface area contributed by atoms with Crippen LogP contribution in [0.15, 0.2) is 11.2 Å². The quantitative estimate of drug-likeness (QED) is 0.219. The Morgan fingerprint density at radius 2 is 1.82 bits per heavy atom. The maximum absolute atomic E-state index is 5.49. The number of guanidine groups is 1. The average Bonchev–Trinajstić information content (AvgIpc) is 2.60. The van der Waals surface area contributed by atoms with Crippen LogP contribution in [0.4, 0.5) is 0 Å². The van der Waals surface area contributed by atoms with Crippen LogP contribution < -0.4 is 15.4 Å². The van der Waals surface area contributed by atoms with Crippen molar-refractivity contribution in [3.05, 3.63) is 23.0 Å². The highest BCUT2D eigenvalue weighted by atomic mass is 127. The van der Waals surface area contributed by atoms with E-state index in [1.54, 1.807) is 7.11 Å². The average molecular weight is 505 g/mol. The number of hydrogen-bond donors (Lipinski definition) is 2. The van der Waals surface area contributed by atoms with Crippen LogP contribution in [0.5, 0.6) is 5.75 Å². The molecule has 0 bridgehead atoms. The van der Waals surface area contributed by atoms with Gasteiger partial charge in [-0.3, -0.25) is 9.88 Å². The maximum atomic E-state index is 5.49. The molecule has 7 heteroatoms. The van der Waals surface area contributed by atoms with Gasteiger partial charge in [0.05, 0.1) is 19.3 Å². The molecule has 0 radical (unpaired) electrons. The number of hydrogen-bond acceptors (Lipinski definition) is 4. The molecule has 2 N–H and O–H groups in total. The van der Waals surface area contributed by atoms with Crippen molar-refractivity contribution >= 4 is 29.9 Å². The van der Waals surface area contributed by atoms with E-state index >= 15 is 0 Å². The fourth-order valence-corrected chi connectivity index (χ4v) is 3.31. The molecule has 0 aliphatic rings. The van der Waals surface area contributed by atoms with Gasteiger partial charge < -0.3 is 15.4 Å². The van der Waals surface area contributed by atoms with E-state index in [1.165, 1.54) is 0 Å². The maximum Gasteiger partial charge on any atom is 0.191 e. The number of pyridine rings is 1. The Morgan fingerprint density at radius 1 is 1.18 bits per heavy atom. The second-order valence-electron chi connectivity index (χ2n) is 7.45. The molecule has 162 valence electrons. The molecule has 0 aliphatic heterocycles. The number of methoxy groups -OCH3 is 1. The summed E-state index contributed by atoms with van der Waals surface area (Å²) in [6.45, 7) is 18.5.